The molecule has 5 nitrogen and oxygen atoms in total. The highest BCUT2D eigenvalue weighted by Crippen LogP contribution is 2.23. The van der Waals surface area contributed by atoms with Gasteiger partial charge in [0.05, 0.1) is 23.8 Å². The number of fused-ring (bicyclic) bond motifs is 1. The van der Waals surface area contributed by atoms with E-state index in [1.54, 1.807) is 18.6 Å². The van der Waals surface area contributed by atoms with Crippen LogP contribution in [0.4, 0.5) is 5.69 Å². The van der Waals surface area contributed by atoms with Gasteiger partial charge in [-0.15, -0.1) is 0 Å². The first kappa shape index (κ1) is 9.35. The predicted octanol–water partition coefficient (Wildman–Crippen LogP) is 0.0345. The van der Waals surface area contributed by atoms with Gasteiger partial charge in [-0.2, -0.15) is 0 Å². The third-order valence-corrected chi connectivity index (χ3v) is 2.94. The van der Waals surface area contributed by atoms with Gasteiger partial charge in [0.1, 0.15) is 0 Å². The lowest BCUT2D eigenvalue weighted by atomic mass is 9.99. The SMILES string of the molecule is O=C1NC=CC2NN(c3cccnc3)CC12. The van der Waals surface area contributed by atoms with Crippen molar-refractivity contribution in [2.75, 3.05) is 11.6 Å². The molecule has 0 spiro atoms. The van der Waals surface area contributed by atoms with Crippen LogP contribution in [-0.4, -0.2) is 23.5 Å². The molecule has 2 atom stereocenters. The normalized spacial score (nSPS) is 27.8. The summed E-state index contributed by atoms with van der Waals surface area (Å²) in [7, 11) is 0. The van der Waals surface area contributed by atoms with Crippen molar-refractivity contribution in [1.29, 1.82) is 0 Å². The lowest BCUT2D eigenvalue weighted by Gasteiger charge is -2.18. The molecule has 5 heteroatoms. The minimum atomic E-state index is -0.0230. The number of hydrazine groups is 1. The molecule has 1 aromatic heterocycles. The van der Waals surface area contributed by atoms with Crippen molar-refractivity contribution < 1.29 is 4.79 Å². The number of hydrogen-bond donors (Lipinski definition) is 2. The second-order valence-electron chi connectivity index (χ2n) is 3.95. The lowest BCUT2D eigenvalue weighted by molar-refractivity contribution is -0.123. The van der Waals surface area contributed by atoms with Crippen molar-refractivity contribution in [2.45, 2.75) is 6.04 Å². The molecule has 3 rings (SSSR count). The van der Waals surface area contributed by atoms with Gasteiger partial charge in [-0.3, -0.25) is 9.78 Å². The van der Waals surface area contributed by atoms with Crippen molar-refractivity contribution in [3.05, 3.63) is 36.8 Å². The van der Waals surface area contributed by atoms with Crippen LogP contribution in [-0.2, 0) is 4.79 Å². The zero-order valence-corrected chi connectivity index (χ0v) is 8.63. The van der Waals surface area contributed by atoms with E-state index >= 15 is 0 Å². The van der Waals surface area contributed by atoms with E-state index < -0.39 is 0 Å². The standard InChI is InChI=1S/C11H12N4O/c16-11-9-7-15(8-2-1-4-12-6-8)14-10(9)3-5-13-11/h1-6,9-10,14H,7H2,(H,13,16). The van der Waals surface area contributed by atoms with E-state index in [4.69, 9.17) is 0 Å². The molecule has 82 valence electrons. The van der Waals surface area contributed by atoms with E-state index in [0.29, 0.717) is 6.54 Å². The Morgan fingerprint density at radius 1 is 1.50 bits per heavy atom. The molecular formula is C11H12N4O. The molecule has 1 fully saturated rings. The highest BCUT2D eigenvalue weighted by atomic mass is 16.2. The number of rotatable bonds is 1. The van der Waals surface area contributed by atoms with E-state index in [1.165, 1.54) is 0 Å². The van der Waals surface area contributed by atoms with Crippen LogP contribution in [0.1, 0.15) is 0 Å². The number of pyridine rings is 1. The molecule has 1 aromatic rings. The van der Waals surface area contributed by atoms with Gasteiger partial charge in [0.2, 0.25) is 5.91 Å². The van der Waals surface area contributed by atoms with Crippen LogP contribution in [0.2, 0.25) is 0 Å². The molecule has 0 aliphatic carbocycles. The first-order valence-electron chi connectivity index (χ1n) is 5.25. The maximum Gasteiger partial charge on any atom is 0.230 e. The largest absolute Gasteiger partial charge is 0.333 e. The fraction of sp³-hybridized carbons (Fsp3) is 0.273. The molecule has 2 aliphatic heterocycles. The molecule has 1 saturated heterocycles. The van der Waals surface area contributed by atoms with Gasteiger partial charge in [0, 0.05) is 18.9 Å². The summed E-state index contributed by atoms with van der Waals surface area (Å²) in [6.45, 7) is 0.673. The summed E-state index contributed by atoms with van der Waals surface area (Å²) in [5.41, 5.74) is 4.27. The number of carbonyl (C=O) groups excluding carboxylic acids is 1. The average molecular weight is 216 g/mol. The molecule has 16 heavy (non-hydrogen) atoms. The lowest BCUT2D eigenvalue weighted by Crippen LogP contribution is -2.40. The Balaban J connectivity index is 1.83. The fourth-order valence-corrected chi connectivity index (χ4v) is 2.09. The van der Waals surface area contributed by atoms with Gasteiger partial charge in [-0.25, -0.2) is 5.43 Å². The number of carbonyl (C=O) groups is 1. The smallest absolute Gasteiger partial charge is 0.230 e. The molecule has 1 amide bonds. The first-order valence-corrected chi connectivity index (χ1v) is 5.25. The van der Waals surface area contributed by atoms with Crippen LogP contribution in [0, 0.1) is 5.92 Å². The van der Waals surface area contributed by atoms with Crippen LogP contribution < -0.4 is 15.8 Å². The summed E-state index contributed by atoms with van der Waals surface area (Å²) < 4.78 is 0. The highest BCUT2D eigenvalue weighted by molar-refractivity contribution is 5.83. The molecule has 0 saturated carbocycles. The zero-order chi connectivity index (χ0) is 11.0. The number of hydrogen-bond acceptors (Lipinski definition) is 4. The quantitative estimate of drug-likeness (QED) is 0.695. The molecule has 0 aromatic carbocycles. The second-order valence-corrected chi connectivity index (χ2v) is 3.95. The fourth-order valence-electron chi connectivity index (χ4n) is 2.09. The number of aromatic nitrogens is 1. The monoisotopic (exact) mass is 216 g/mol. The van der Waals surface area contributed by atoms with Crippen molar-refractivity contribution in [1.82, 2.24) is 15.7 Å². The van der Waals surface area contributed by atoms with Crippen LogP contribution in [0.5, 0.6) is 0 Å². The maximum atomic E-state index is 11.6. The summed E-state index contributed by atoms with van der Waals surface area (Å²) in [6, 6.07) is 3.95. The molecule has 3 heterocycles. The summed E-state index contributed by atoms with van der Waals surface area (Å²) in [4.78, 5) is 15.7. The number of amides is 1. The number of nitrogens with zero attached hydrogens (tertiary/aromatic N) is 2. The molecule has 2 N–H and O–H groups in total. The Bertz CT molecular complexity index is 431. The first-order chi connectivity index (χ1) is 7.84. The van der Waals surface area contributed by atoms with Gasteiger partial charge >= 0.3 is 0 Å². The van der Waals surface area contributed by atoms with Crippen molar-refractivity contribution in [3.8, 4) is 0 Å². The van der Waals surface area contributed by atoms with Crippen molar-refractivity contribution in [3.63, 3.8) is 0 Å². The Labute approximate surface area is 93.1 Å². The van der Waals surface area contributed by atoms with Crippen LogP contribution in [0.3, 0.4) is 0 Å². The summed E-state index contributed by atoms with van der Waals surface area (Å²) in [6.07, 6.45) is 7.19. The molecular weight excluding hydrogens is 204 g/mol. The van der Waals surface area contributed by atoms with Gasteiger partial charge in [-0.1, -0.05) is 0 Å². The Morgan fingerprint density at radius 3 is 3.19 bits per heavy atom. The predicted molar refractivity (Wildman–Crippen MR) is 59.3 cm³/mol. The van der Waals surface area contributed by atoms with Crippen molar-refractivity contribution >= 4 is 11.6 Å². The molecule has 0 bridgehead atoms. The number of nitrogens with one attached hydrogen (secondary N) is 2. The number of anilines is 1. The van der Waals surface area contributed by atoms with Gasteiger partial charge in [-0.05, 0) is 18.2 Å². The topological polar surface area (TPSA) is 57.3 Å². The maximum absolute atomic E-state index is 11.6. The summed E-state index contributed by atoms with van der Waals surface area (Å²) in [5.74, 6) is 0.0524. The summed E-state index contributed by atoms with van der Waals surface area (Å²) in [5, 5.41) is 4.69. The highest BCUT2D eigenvalue weighted by Gasteiger charge is 2.37. The summed E-state index contributed by atoms with van der Waals surface area (Å²) >= 11 is 0. The van der Waals surface area contributed by atoms with E-state index in [2.05, 4.69) is 15.7 Å². The van der Waals surface area contributed by atoms with Crippen LogP contribution in [0.25, 0.3) is 0 Å². The third kappa shape index (κ3) is 1.45. The Morgan fingerprint density at radius 2 is 2.44 bits per heavy atom. The van der Waals surface area contributed by atoms with Gasteiger partial charge in [0.25, 0.3) is 0 Å². The van der Waals surface area contributed by atoms with E-state index in [9.17, 15) is 4.79 Å². The van der Waals surface area contributed by atoms with Crippen molar-refractivity contribution in [2.24, 2.45) is 5.92 Å². The van der Waals surface area contributed by atoms with E-state index in [-0.39, 0.29) is 17.9 Å². The average Bonchev–Trinajstić information content (AvgIpc) is 2.76. The third-order valence-electron chi connectivity index (χ3n) is 2.94. The van der Waals surface area contributed by atoms with Gasteiger partial charge < -0.3 is 10.3 Å². The molecule has 2 aliphatic rings. The molecule has 0 radical (unpaired) electrons. The van der Waals surface area contributed by atoms with Crippen LogP contribution >= 0.6 is 0 Å². The minimum Gasteiger partial charge on any atom is -0.333 e. The van der Waals surface area contributed by atoms with E-state index in [1.807, 2.05) is 23.2 Å². The van der Waals surface area contributed by atoms with Crippen LogP contribution in [0.15, 0.2) is 36.8 Å². The van der Waals surface area contributed by atoms with Gasteiger partial charge in [0.15, 0.2) is 0 Å². The second kappa shape index (κ2) is 3.61. The molecule has 2 unspecified atom stereocenters. The van der Waals surface area contributed by atoms with E-state index in [0.717, 1.165) is 5.69 Å². The Hall–Kier alpha value is -1.88. The minimum absolute atomic E-state index is 0.0230. The zero-order valence-electron chi connectivity index (χ0n) is 8.63. The Kier molecular flexibility index (Phi) is 2.11.